The Morgan fingerprint density at radius 1 is 0.800 bits per heavy atom. The molecule has 1 heterocycles. The third kappa shape index (κ3) is 8.29. The molecule has 1 unspecified atom stereocenters. The van der Waals surface area contributed by atoms with Crippen LogP contribution in [-0.2, 0) is 0 Å². The maximum atomic E-state index is 3.57. The van der Waals surface area contributed by atoms with Crippen LogP contribution in [0.3, 0.4) is 0 Å². The standard InChI is InChI=1S/C19H39N/c1-3-5-7-9-10-12-14-18(13-11-8-6-4-2)19-15-16-20-17-19/h18-20H,3-17H2,1-2H3/t18?,19-/m1/s1. The van der Waals surface area contributed by atoms with Crippen molar-refractivity contribution in [3.05, 3.63) is 0 Å². The van der Waals surface area contributed by atoms with Crippen molar-refractivity contribution in [1.29, 1.82) is 0 Å². The van der Waals surface area contributed by atoms with Gasteiger partial charge in [-0.3, -0.25) is 0 Å². The van der Waals surface area contributed by atoms with Gasteiger partial charge in [0.1, 0.15) is 0 Å². The molecule has 1 heteroatoms. The maximum Gasteiger partial charge on any atom is -0.00174 e. The first-order valence-corrected chi connectivity index (χ1v) is 9.59. The monoisotopic (exact) mass is 281 g/mol. The van der Waals surface area contributed by atoms with Gasteiger partial charge in [-0.2, -0.15) is 0 Å². The van der Waals surface area contributed by atoms with Crippen molar-refractivity contribution in [2.75, 3.05) is 13.1 Å². The van der Waals surface area contributed by atoms with E-state index in [0.717, 1.165) is 11.8 Å². The summed E-state index contributed by atoms with van der Waals surface area (Å²) in [6, 6.07) is 0. The molecule has 1 saturated heterocycles. The second-order valence-corrected chi connectivity index (χ2v) is 6.92. The van der Waals surface area contributed by atoms with E-state index in [4.69, 9.17) is 0 Å². The first-order valence-electron chi connectivity index (χ1n) is 9.59. The Labute approximate surface area is 128 Å². The van der Waals surface area contributed by atoms with Crippen molar-refractivity contribution in [2.45, 2.75) is 97.3 Å². The Balaban J connectivity index is 2.13. The lowest BCUT2D eigenvalue weighted by Gasteiger charge is -2.23. The summed E-state index contributed by atoms with van der Waals surface area (Å²) in [6.07, 6.45) is 18.9. The molecule has 2 atom stereocenters. The molecule has 0 bridgehead atoms. The van der Waals surface area contributed by atoms with E-state index in [1.54, 1.807) is 0 Å². The van der Waals surface area contributed by atoms with Crippen LogP contribution in [0.4, 0.5) is 0 Å². The summed E-state index contributed by atoms with van der Waals surface area (Å²) in [7, 11) is 0. The van der Waals surface area contributed by atoms with Crippen molar-refractivity contribution >= 4 is 0 Å². The minimum Gasteiger partial charge on any atom is -0.316 e. The molecule has 0 aliphatic carbocycles. The molecule has 0 aromatic carbocycles. The van der Waals surface area contributed by atoms with E-state index in [0.29, 0.717) is 0 Å². The predicted octanol–water partition coefficient (Wildman–Crippen LogP) is 5.93. The quantitative estimate of drug-likeness (QED) is 0.412. The molecule has 0 radical (unpaired) electrons. The molecule has 1 fully saturated rings. The molecule has 0 spiro atoms. The average molecular weight is 282 g/mol. The van der Waals surface area contributed by atoms with E-state index in [9.17, 15) is 0 Å². The minimum absolute atomic E-state index is 0.993. The smallest absolute Gasteiger partial charge is 0.00174 e. The fourth-order valence-corrected chi connectivity index (χ4v) is 3.72. The van der Waals surface area contributed by atoms with Gasteiger partial charge in [0.25, 0.3) is 0 Å². The molecule has 0 aromatic heterocycles. The molecule has 120 valence electrons. The predicted molar refractivity (Wildman–Crippen MR) is 91.2 cm³/mol. The van der Waals surface area contributed by atoms with Gasteiger partial charge < -0.3 is 5.32 Å². The van der Waals surface area contributed by atoms with Crippen LogP contribution in [0.5, 0.6) is 0 Å². The summed E-state index contributed by atoms with van der Waals surface area (Å²) in [4.78, 5) is 0. The Hall–Kier alpha value is -0.0400. The highest BCUT2D eigenvalue weighted by Crippen LogP contribution is 2.29. The van der Waals surface area contributed by atoms with Gasteiger partial charge in [0.2, 0.25) is 0 Å². The zero-order chi connectivity index (χ0) is 14.5. The highest BCUT2D eigenvalue weighted by atomic mass is 14.9. The van der Waals surface area contributed by atoms with E-state index in [2.05, 4.69) is 19.2 Å². The lowest BCUT2D eigenvalue weighted by atomic mass is 9.83. The number of nitrogens with one attached hydrogen (secondary N) is 1. The third-order valence-corrected chi connectivity index (χ3v) is 5.12. The average Bonchev–Trinajstić information content (AvgIpc) is 2.99. The van der Waals surface area contributed by atoms with Crippen molar-refractivity contribution in [3.63, 3.8) is 0 Å². The van der Waals surface area contributed by atoms with Crippen molar-refractivity contribution in [3.8, 4) is 0 Å². The number of rotatable bonds is 13. The van der Waals surface area contributed by atoms with Gasteiger partial charge >= 0.3 is 0 Å². The second-order valence-electron chi connectivity index (χ2n) is 6.92. The van der Waals surface area contributed by atoms with Crippen LogP contribution in [0.25, 0.3) is 0 Å². The molecule has 1 N–H and O–H groups in total. The van der Waals surface area contributed by atoms with Gasteiger partial charge in [-0.05, 0) is 31.3 Å². The normalized spacial score (nSPS) is 20.4. The molecule has 0 saturated carbocycles. The molecule has 1 aliphatic rings. The van der Waals surface area contributed by atoms with E-state index >= 15 is 0 Å². The summed E-state index contributed by atoms with van der Waals surface area (Å²) in [5, 5.41) is 3.57. The van der Waals surface area contributed by atoms with E-state index in [1.165, 1.54) is 96.6 Å². The molecular formula is C19H39N. The van der Waals surface area contributed by atoms with Crippen LogP contribution < -0.4 is 5.32 Å². The van der Waals surface area contributed by atoms with Gasteiger partial charge in [0.05, 0.1) is 0 Å². The largest absolute Gasteiger partial charge is 0.316 e. The third-order valence-electron chi connectivity index (χ3n) is 5.12. The molecule has 0 amide bonds. The van der Waals surface area contributed by atoms with Gasteiger partial charge in [0, 0.05) is 0 Å². The lowest BCUT2D eigenvalue weighted by molar-refractivity contribution is 0.294. The fraction of sp³-hybridized carbons (Fsp3) is 1.00. The first kappa shape index (κ1) is 18.0. The van der Waals surface area contributed by atoms with Crippen LogP contribution in [0.15, 0.2) is 0 Å². The first-order chi connectivity index (χ1) is 9.88. The zero-order valence-electron chi connectivity index (χ0n) is 14.3. The highest BCUT2D eigenvalue weighted by molar-refractivity contribution is 4.78. The summed E-state index contributed by atoms with van der Waals surface area (Å²) in [5.41, 5.74) is 0. The second kappa shape index (κ2) is 12.7. The van der Waals surface area contributed by atoms with Crippen LogP contribution in [0.2, 0.25) is 0 Å². The van der Waals surface area contributed by atoms with Gasteiger partial charge in [-0.1, -0.05) is 90.9 Å². The maximum absolute atomic E-state index is 3.57. The van der Waals surface area contributed by atoms with Gasteiger partial charge in [-0.15, -0.1) is 0 Å². The van der Waals surface area contributed by atoms with Crippen molar-refractivity contribution in [1.82, 2.24) is 5.32 Å². The Bertz CT molecular complexity index is 196. The van der Waals surface area contributed by atoms with Gasteiger partial charge in [-0.25, -0.2) is 0 Å². The molecule has 1 nitrogen and oxygen atoms in total. The Morgan fingerprint density at radius 2 is 1.35 bits per heavy atom. The summed E-state index contributed by atoms with van der Waals surface area (Å²) < 4.78 is 0. The molecule has 1 aliphatic heterocycles. The molecule has 20 heavy (non-hydrogen) atoms. The fourth-order valence-electron chi connectivity index (χ4n) is 3.72. The molecule has 1 rings (SSSR count). The number of unbranched alkanes of at least 4 members (excludes halogenated alkanes) is 8. The van der Waals surface area contributed by atoms with Crippen molar-refractivity contribution in [2.24, 2.45) is 11.8 Å². The van der Waals surface area contributed by atoms with Crippen LogP contribution >= 0.6 is 0 Å². The lowest BCUT2D eigenvalue weighted by Crippen LogP contribution is -2.18. The Kier molecular flexibility index (Phi) is 11.4. The topological polar surface area (TPSA) is 12.0 Å². The van der Waals surface area contributed by atoms with Gasteiger partial charge in [0.15, 0.2) is 0 Å². The summed E-state index contributed by atoms with van der Waals surface area (Å²) in [5.74, 6) is 2.01. The molecule has 0 aromatic rings. The summed E-state index contributed by atoms with van der Waals surface area (Å²) >= 11 is 0. The van der Waals surface area contributed by atoms with Crippen LogP contribution in [-0.4, -0.2) is 13.1 Å². The zero-order valence-corrected chi connectivity index (χ0v) is 14.3. The van der Waals surface area contributed by atoms with Crippen molar-refractivity contribution < 1.29 is 0 Å². The Morgan fingerprint density at radius 3 is 1.90 bits per heavy atom. The van der Waals surface area contributed by atoms with E-state index < -0.39 is 0 Å². The number of hydrogen-bond acceptors (Lipinski definition) is 1. The van der Waals surface area contributed by atoms with E-state index in [-0.39, 0.29) is 0 Å². The highest BCUT2D eigenvalue weighted by Gasteiger charge is 2.23. The molecular weight excluding hydrogens is 242 g/mol. The minimum atomic E-state index is 0.993. The summed E-state index contributed by atoms with van der Waals surface area (Å²) in [6.45, 7) is 7.19. The van der Waals surface area contributed by atoms with Crippen LogP contribution in [0, 0.1) is 11.8 Å². The van der Waals surface area contributed by atoms with E-state index in [1.807, 2.05) is 0 Å². The SMILES string of the molecule is CCCCCCCCC(CCCCCC)[C@@H]1CCNC1. The van der Waals surface area contributed by atoms with Crippen LogP contribution in [0.1, 0.15) is 97.3 Å². The number of hydrogen-bond donors (Lipinski definition) is 1.